The third-order valence-electron chi connectivity index (χ3n) is 3.72. The molecule has 21 heavy (non-hydrogen) atoms. The number of amides is 2. The van der Waals surface area contributed by atoms with Gasteiger partial charge in [-0.1, -0.05) is 44.2 Å². The molecule has 0 spiro atoms. The highest BCUT2D eigenvalue weighted by atomic mass is 32.2. The summed E-state index contributed by atoms with van der Waals surface area (Å²) in [6.07, 6.45) is 2.01. The first-order valence-corrected chi connectivity index (χ1v) is 8.60. The summed E-state index contributed by atoms with van der Waals surface area (Å²) < 4.78 is 0. The molecule has 1 N–H and O–H groups in total. The van der Waals surface area contributed by atoms with Crippen molar-refractivity contribution in [3.05, 3.63) is 35.9 Å². The third kappa shape index (κ3) is 3.40. The van der Waals surface area contributed by atoms with Crippen LogP contribution < -0.4 is 5.32 Å². The lowest BCUT2D eigenvalue weighted by Crippen LogP contribution is -2.61. The van der Waals surface area contributed by atoms with Crippen LogP contribution in [-0.4, -0.2) is 41.3 Å². The highest BCUT2D eigenvalue weighted by Crippen LogP contribution is 2.25. The van der Waals surface area contributed by atoms with Crippen molar-refractivity contribution in [1.82, 2.24) is 10.2 Å². The first kappa shape index (κ1) is 15.9. The third-order valence-corrected chi connectivity index (χ3v) is 4.31. The average molecular weight is 306 g/mol. The van der Waals surface area contributed by atoms with Gasteiger partial charge in [0.05, 0.1) is 0 Å². The van der Waals surface area contributed by atoms with Gasteiger partial charge in [-0.25, -0.2) is 0 Å². The minimum atomic E-state index is -0.560. The van der Waals surface area contributed by atoms with E-state index in [1.165, 1.54) is 0 Å². The fourth-order valence-corrected chi connectivity index (χ4v) is 3.09. The maximum absolute atomic E-state index is 12.8. The molecule has 2 unspecified atom stereocenters. The SMILES string of the molecule is CSCCN1C(=O)C(c2ccccc2)NC(=O)C1C(C)C. The van der Waals surface area contributed by atoms with Crippen LogP contribution in [-0.2, 0) is 9.59 Å². The zero-order chi connectivity index (χ0) is 15.4. The van der Waals surface area contributed by atoms with E-state index in [0.717, 1.165) is 11.3 Å². The molecule has 1 aromatic rings. The van der Waals surface area contributed by atoms with Gasteiger partial charge in [-0.05, 0) is 17.7 Å². The number of nitrogens with one attached hydrogen (secondary N) is 1. The van der Waals surface area contributed by atoms with Gasteiger partial charge in [-0.3, -0.25) is 9.59 Å². The minimum absolute atomic E-state index is 0.00597. The van der Waals surface area contributed by atoms with E-state index in [1.54, 1.807) is 16.7 Å². The Labute approximate surface area is 130 Å². The quantitative estimate of drug-likeness (QED) is 0.906. The van der Waals surface area contributed by atoms with E-state index in [9.17, 15) is 9.59 Å². The molecule has 1 aliphatic rings. The summed E-state index contributed by atoms with van der Waals surface area (Å²) in [5.41, 5.74) is 0.840. The Morgan fingerprint density at radius 1 is 1.24 bits per heavy atom. The van der Waals surface area contributed by atoms with Gasteiger partial charge in [-0.15, -0.1) is 0 Å². The van der Waals surface area contributed by atoms with Gasteiger partial charge in [0, 0.05) is 12.3 Å². The van der Waals surface area contributed by atoms with E-state index in [0.29, 0.717) is 6.54 Å². The van der Waals surface area contributed by atoms with Crippen molar-refractivity contribution in [3.8, 4) is 0 Å². The van der Waals surface area contributed by atoms with E-state index >= 15 is 0 Å². The molecule has 0 aromatic heterocycles. The van der Waals surface area contributed by atoms with E-state index in [1.807, 2.05) is 50.4 Å². The fraction of sp³-hybridized carbons (Fsp3) is 0.500. The molecule has 4 nitrogen and oxygen atoms in total. The molecular formula is C16H22N2O2S. The number of benzene rings is 1. The van der Waals surface area contributed by atoms with Crippen LogP contribution in [0.3, 0.4) is 0 Å². The standard InChI is InChI=1S/C16H22N2O2S/c1-11(2)14-15(19)17-13(12-7-5-4-6-8-12)16(20)18(14)9-10-21-3/h4-8,11,13-14H,9-10H2,1-3H3,(H,17,19). The van der Waals surface area contributed by atoms with Crippen molar-refractivity contribution >= 4 is 23.6 Å². The van der Waals surface area contributed by atoms with Gasteiger partial charge in [0.2, 0.25) is 5.91 Å². The monoisotopic (exact) mass is 306 g/mol. The van der Waals surface area contributed by atoms with Gasteiger partial charge < -0.3 is 10.2 Å². The van der Waals surface area contributed by atoms with E-state index in [4.69, 9.17) is 0 Å². The lowest BCUT2D eigenvalue weighted by Gasteiger charge is -2.41. The number of hydrogen-bond donors (Lipinski definition) is 1. The zero-order valence-corrected chi connectivity index (χ0v) is 13.5. The largest absolute Gasteiger partial charge is 0.339 e. The first-order valence-electron chi connectivity index (χ1n) is 7.21. The van der Waals surface area contributed by atoms with Crippen LogP contribution in [0.25, 0.3) is 0 Å². The summed E-state index contributed by atoms with van der Waals surface area (Å²) in [5.74, 6) is 0.879. The fourth-order valence-electron chi connectivity index (χ4n) is 2.71. The van der Waals surface area contributed by atoms with Crippen molar-refractivity contribution in [2.24, 2.45) is 5.92 Å². The molecule has 1 saturated heterocycles. The molecule has 2 atom stereocenters. The molecule has 1 aromatic carbocycles. The lowest BCUT2D eigenvalue weighted by molar-refractivity contribution is -0.151. The normalized spacial score (nSPS) is 22.6. The predicted octanol–water partition coefficient (Wildman–Crippen LogP) is 2.07. The Hall–Kier alpha value is -1.49. The van der Waals surface area contributed by atoms with Crippen LogP contribution >= 0.6 is 11.8 Å². The van der Waals surface area contributed by atoms with Gasteiger partial charge in [-0.2, -0.15) is 11.8 Å². The first-order chi connectivity index (χ1) is 10.1. The van der Waals surface area contributed by atoms with E-state index in [-0.39, 0.29) is 23.8 Å². The Kier molecular flexibility index (Phi) is 5.28. The number of carbonyl (C=O) groups excluding carboxylic acids is 2. The summed E-state index contributed by atoms with van der Waals surface area (Å²) in [6, 6.07) is 8.50. The molecule has 1 heterocycles. The predicted molar refractivity (Wildman–Crippen MR) is 86.0 cm³/mol. The van der Waals surface area contributed by atoms with Gasteiger partial charge in [0.1, 0.15) is 12.1 Å². The molecule has 5 heteroatoms. The molecule has 2 rings (SSSR count). The molecule has 114 valence electrons. The van der Waals surface area contributed by atoms with Crippen LogP contribution in [0.5, 0.6) is 0 Å². The molecule has 0 bridgehead atoms. The summed E-state index contributed by atoms with van der Waals surface area (Å²) >= 11 is 1.68. The molecular weight excluding hydrogens is 284 g/mol. The second-order valence-electron chi connectivity index (χ2n) is 5.57. The number of thioether (sulfide) groups is 1. The molecule has 0 saturated carbocycles. The van der Waals surface area contributed by atoms with Crippen LogP contribution in [0.4, 0.5) is 0 Å². The van der Waals surface area contributed by atoms with Gasteiger partial charge in [0.25, 0.3) is 5.91 Å². The number of nitrogens with zero attached hydrogens (tertiary/aromatic N) is 1. The van der Waals surface area contributed by atoms with Crippen molar-refractivity contribution in [1.29, 1.82) is 0 Å². The van der Waals surface area contributed by atoms with E-state index in [2.05, 4.69) is 5.32 Å². The smallest absolute Gasteiger partial charge is 0.250 e. The highest BCUT2D eigenvalue weighted by Gasteiger charge is 2.42. The van der Waals surface area contributed by atoms with Crippen LogP contribution in [0.2, 0.25) is 0 Å². The summed E-state index contributed by atoms with van der Waals surface area (Å²) in [6.45, 7) is 4.57. The topological polar surface area (TPSA) is 49.4 Å². The van der Waals surface area contributed by atoms with Crippen molar-refractivity contribution in [3.63, 3.8) is 0 Å². The maximum atomic E-state index is 12.8. The molecule has 0 radical (unpaired) electrons. The molecule has 2 amide bonds. The molecule has 0 aliphatic carbocycles. The van der Waals surface area contributed by atoms with Crippen molar-refractivity contribution < 1.29 is 9.59 Å². The van der Waals surface area contributed by atoms with Crippen LogP contribution in [0, 0.1) is 5.92 Å². The average Bonchev–Trinajstić information content (AvgIpc) is 2.48. The van der Waals surface area contributed by atoms with E-state index < -0.39 is 6.04 Å². The maximum Gasteiger partial charge on any atom is 0.250 e. The van der Waals surface area contributed by atoms with Gasteiger partial charge in [0.15, 0.2) is 0 Å². The Bertz CT molecular complexity index is 504. The summed E-state index contributed by atoms with van der Waals surface area (Å²) in [4.78, 5) is 27.0. The lowest BCUT2D eigenvalue weighted by atomic mass is 9.94. The van der Waals surface area contributed by atoms with Crippen molar-refractivity contribution in [2.45, 2.75) is 25.9 Å². The van der Waals surface area contributed by atoms with Crippen LogP contribution in [0.1, 0.15) is 25.5 Å². The Balaban J connectivity index is 2.28. The zero-order valence-electron chi connectivity index (χ0n) is 12.7. The Morgan fingerprint density at radius 3 is 2.48 bits per heavy atom. The number of rotatable bonds is 5. The van der Waals surface area contributed by atoms with Crippen LogP contribution in [0.15, 0.2) is 30.3 Å². The van der Waals surface area contributed by atoms with Gasteiger partial charge >= 0.3 is 0 Å². The number of carbonyl (C=O) groups is 2. The summed E-state index contributed by atoms with van der Waals surface area (Å²) in [7, 11) is 0. The highest BCUT2D eigenvalue weighted by molar-refractivity contribution is 7.98. The Morgan fingerprint density at radius 2 is 1.90 bits per heavy atom. The van der Waals surface area contributed by atoms with Crippen molar-refractivity contribution in [2.75, 3.05) is 18.6 Å². The molecule has 1 aliphatic heterocycles. The number of piperazine rings is 1. The second-order valence-corrected chi connectivity index (χ2v) is 6.55. The number of hydrogen-bond acceptors (Lipinski definition) is 3. The molecule has 1 fully saturated rings. The summed E-state index contributed by atoms with van der Waals surface area (Å²) in [5, 5.41) is 2.88. The second kappa shape index (κ2) is 6.98. The minimum Gasteiger partial charge on any atom is -0.339 e.